The van der Waals surface area contributed by atoms with Gasteiger partial charge in [0.1, 0.15) is 5.78 Å². The number of carbonyl (C=O) groups excluding carboxylic acids is 2. The van der Waals surface area contributed by atoms with Crippen LogP contribution in [-0.4, -0.2) is 28.8 Å². The van der Waals surface area contributed by atoms with E-state index in [1.165, 1.54) is 17.4 Å². The number of ketones is 1. The highest BCUT2D eigenvalue weighted by atomic mass is 79.9. The Morgan fingerprint density at radius 3 is 2.32 bits per heavy atom. The lowest BCUT2D eigenvalue weighted by molar-refractivity contribution is -0.290. The fourth-order valence-corrected chi connectivity index (χ4v) is 2.74. The van der Waals surface area contributed by atoms with Gasteiger partial charge in [0.25, 0.3) is 0 Å². The van der Waals surface area contributed by atoms with Gasteiger partial charge in [0.05, 0.1) is 12.0 Å². The Morgan fingerprint density at radius 2 is 1.86 bits per heavy atom. The van der Waals surface area contributed by atoms with Crippen LogP contribution < -0.4 is 10.6 Å². The van der Waals surface area contributed by atoms with Gasteiger partial charge in [-0.1, -0.05) is 28.1 Å². The monoisotopic (exact) mass is 380 g/mol. The first-order chi connectivity index (χ1) is 10.1. The van der Waals surface area contributed by atoms with Crippen molar-refractivity contribution in [1.82, 2.24) is 10.6 Å². The third-order valence-corrected chi connectivity index (χ3v) is 4.00. The number of carbonyl (C=O) groups is 2. The zero-order valence-corrected chi connectivity index (χ0v) is 12.8. The molecule has 2 rings (SSSR count). The largest absolute Gasteiger partial charge is 0.437 e. The van der Waals surface area contributed by atoms with Crippen LogP contribution in [0.2, 0.25) is 0 Å². The third kappa shape index (κ3) is 2.82. The molecule has 5 nitrogen and oxygen atoms in total. The first-order valence-corrected chi connectivity index (χ1v) is 6.99. The Kier molecular flexibility index (Phi) is 4.22. The number of hydrogen-bond acceptors (Lipinski definition) is 3. The van der Waals surface area contributed by atoms with Crippen molar-refractivity contribution in [3.05, 3.63) is 34.3 Å². The van der Waals surface area contributed by atoms with Gasteiger partial charge >= 0.3 is 12.2 Å². The Hall–Kier alpha value is -1.61. The topological polar surface area (TPSA) is 78.4 Å². The average molecular weight is 381 g/mol. The molecule has 1 aliphatic heterocycles. The number of nitrogens with one attached hydrogen (secondary N) is 2. The average Bonchev–Trinajstić information content (AvgIpc) is 2.36. The fraction of sp³-hybridized carbons (Fsp3) is 0.385. The Labute approximate surface area is 132 Å². The highest BCUT2D eigenvalue weighted by Gasteiger charge is 2.65. The van der Waals surface area contributed by atoms with Gasteiger partial charge in [-0.05, 0) is 24.6 Å². The quantitative estimate of drug-likeness (QED) is 0.736. The van der Waals surface area contributed by atoms with Gasteiger partial charge in [-0.15, -0.1) is 0 Å². The molecule has 1 aromatic rings. The molecule has 22 heavy (non-hydrogen) atoms. The summed E-state index contributed by atoms with van der Waals surface area (Å²) in [5.41, 5.74) is -3.35. The summed E-state index contributed by atoms with van der Waals surface area (Å²) in [5, 5.41) is 13.7. The smallest absolute Gasteiger partial charge is 0.363 e. The van der Waals surface area contributed by atoms with Crippen molar-refractivity contribution < 1.29 is 27.9 Å². The number of alkyl halides is 3. The zero-order chi connectivity index (χ0) is 16.7. The molecule has 9 heteroatoms. The summed E-state index contributed by atoms with van der Waals surface area (Å²) in [6.45, 7) is 0.937. The van der Waals surface area contributed by atoms with Gasteiger partial charge in [-0.25, -0.2) is 4.79 Å². The number of rotatable bonds is 2. The lowest BCUT2D eigenvalue weighted by Gasteiger charge is -2.44. The molecule has 0 radical (unpaired) electrons. The van der Waals surface area contributed by atoms with Crippen LogP contribution >= 0.6 is 15.9 Å². The normalized spacial score (nSPS) is 28.7. The summed E-state index contributed by atoms with van der Waals surface area (Å²) in [7, 11) is 0. The van der Waals surface area contributed by atoms with Crippen LogP contribution in [0.3, 0.4) is 0 Å². The van der Waals surface area contributed by atoms with E-state index in [0.29, 0.717) is 4.47 Å². The molecule has 0 bridgehead atoms. The highest BCUT2D eigenvalue weighted by molar-refractivity contribution is 9.10. The van der Waals surface area contributed by atoms with Crippen LogP contribution in [0.5, 0.6) is 0 Å². The van der Waals surface area contributed by atoms with Crippen LogP contribution in [0.25, 0.3) is 0 Å². The molecule has 3 atom stereocenters. The van der Waals surface area contributed by atoms with Gasteiger partial charge in [-0.3, -0.25) is 4.79 Å². The molecule has 1 aromatic carbocycles. The van der Waals surface area contributed by atoms with Crippen molar-refractivity contribution in [3.63, 3.8) is 0 Å². The van der Waals surface area contributed by atoms with Crippen LogP contribution in [0, 0.1) is 5.92 Å². The second kappa shape index (κ2) is 5.54. The fourth-order valence-electron chi connectivity index (χ4n) is 2.47. The summed E-state index contributed by atoms with van der Waals surface area (Å²) in [6.07, 6.45) is -5.20. The molecule has 0 aromatic heterocycles. The van der Waals surface area contributed by atoms with Crippen molar-refractivity contribution >= 4 is 27.7 Å². The van der Waals surface area contributed by atoms with Crippen molar-refractivity contribution in [2.24, 2.45) is 5.92 Å². The van der Waals surface area contributed by atoms with Crippen LogP contribution in [0.4, 0.5) is 18.0 Å². The number of hydrogen-bond donors (Lipinski definition) is 3. The predicted octanol–water partition coefficient (Wildman–Crippen LogP) is 2.26. The van der Waals surface area contributed by atoms with E-state index >= 15 is 0 Å². The van der Waals surface area contributed by atoms with Crippen molar-refractivity contribution in [1.29, 1.82) is 0 Å². The van der Waals surface area contributed by atoms with Crippen molar-refractivity contribution in [2.75, 3.05) is 0 Å². The molecule has 1 heterocycles. The van der Waals surface area contributed by atoms with Crippen molar-refractivity contribution in [2.45, 2.75) is 24.9 Å². The van der Waals surface area contributed by atoms with Gasteiger partial charge < -0.3 is 15.7 Å². The van der Waals surface area contributed by atoms with Gasteiger partial charge in [-0.2, -0.15) is 13.2 Å². The second-order valence-corrected chi connectivity index (χ2v) is 5.90. The van der Waals surface area contributed by atoms with E-state index in [1.54, 1.807) is 12.1 Å². The number of halogens is 4. The summed E-state index contributed by atoms with van der Waals surface area (Å²) in [4.78, 5) is 23.3. The maximum atomic E-state index is 13.2. The summed E-state index contributed by atoms with van der Waals surface area (Å²) in [6, 6.07) is 3.55. The van der Waals surface area contributed by atoms with Gasteiger partial charge in [0, 0.05) is 4.47 Å². The van der Waals surface area contributed by atoms with Gasteiger partial charge in [0.15, 0.2) is 0 Å². The number of Topliss-reactive ketones (excluding diaryl/α,β-unsaturated/α-hetero) is 1. The lowest BCUT2D eigenvalue weighted by Crippen LogP contribution is -2.72. The minimum atomic E-state index is -5.20. The maximum absolute atomic E-state index is 13.2. The first-order valence-electron chi connectivity index (χ1n) is 6.20. The standard InChI is InChI=1S/C13H12BrF3N2O3/c1-6(20)9-10(7-2-4-8(14)5-3-7)18-11(21)19-12(9,22)13(15,16)17/h2-5,9-10,22H,1H3,(H2,18,19,21)/t9-,10+,12+/m0/s1. The molecule has 2 amide bonds. The van der Waals surface area contributed by atoms with E-state index in [9.17, 15) is 27.9 Å². The van der Waals surface area contributed by atoms with Crippen LogP contribution in [-0.2, 0) is 4.79 Å². The van der Waals surface area contributed by atoms with E-state index in [0.717, 1.165) is 6.92 Å². The molecule has 120 valence electrons. The molecule has 1 aliphatic rings. The van der Waals surface area contributed by atoms with Crippen molar-refractivity contribution in [3.8, 4) is 0 Å². The highest BCUT2D eigenvalue weighted by Crippen LogP contribution is 2.42. The van der Waals surface area contributed by atoms with Gasteiger partial charge in [0.2, 0.25) is 5.72 Å². The van der Waals surface area contributed by atoms with E-state index in [-0.39, 0.29) is 5.56 Å². The number of aliphatic hydroxyl groups is 1. The zero-order valence-electron chi connectivity index (χ0n) is 11.2. The summed E-state index contributed by atoms with van der Waals surface area (Å²) in [5.74, 6) is -2.81. The SMILES string of the molecule is CC(=O)[C@H]1[C@@H](c2ccc(Br)cc2)NC(=O)N[C@]1(O)C(F)(F)F. The summed E-state index contributed by atoms with van der Waals surface area (Å²) >= 11 is 3.18. The minimum absolute atomic E-state index is 0.279. The number of benzene rings is 1. The number of amides is 2. The molecular weight excluding hydrogens is 369 g/mol. The predicted molar refractivity (Wildman–Crippen MR) is 73.7 cm³/mol. The molecule has 0 spiro atoms. The van der Waals surface area contributed by atoms with E-state index < -0.39 is 35.7 Å². The Bertz CT molecular complexity index is 606. The Morgan fingerprint density at radius 1 is 1.32 bits per heavy atom. The molecule has 0 unspecified atom stereocenters. The molecule has 3 N–H and O–H groups in total. The Balaban J connectivity index is 2.54. The maximum Gasteiger partial charge on any atom is 0.437 e. The molecule has 0 saturated carbocycles. The van der Waals surface area contributed by atoms with Crippen LogP contribution in [0.1, 0.15) is 18.5 Å². The third-order valence-electron chi connectivity index (χ3n) is 3.47. The van der Waals surface area contributed by atoms with E-state index in [4.69, 9.17) is 0 Å². The first kappa shape index (κ1) is 16.8. The number of urea groups is 1. The molecular formula is C13H12BrF3N2O3. The van der Waals surface area contributed by atoms with Crippen LogP contribution in [0.15, 0.2) is 28.7 Å². The lowest BCUT2D eigenvalue weighted by atomic mass is 9.79. The van der Waals surface area contributed by atoms with E-state index in [2.05, 4.69) is 21.2 Å². The molecule has 0 aliphatic carbocycles. The second-order valence-electron chi connectivity index (χ2n) is 4.98. The molecule has 1 saturated heterocycles. The van der Waals surface area contributed by atoms with E-state index in [1.807, 2.05) is 0 Å². The molecule has 1 fully saturated rings. The minimum Gasteiger partial charge on any atom is -0.363 e. The summed E-state index contributed by atoms with van der Waals surface area (Å²) < 4.78 is 40.3.